The zero-order valence-corrected chi connectivity index (χ0v) is 8.97. The molecule has 14 heavy (non-hydrogen) atoms. The molecule has 1 atom stereocenters. The highest BCUT2D eigenvalue weighted by Gasteiger charge is 2.18. The molecule has 0 aliphatic heterocycles. The van der Waals surface area contributed by atoms with E-state index in [4.69, 9.17) is 5.84 Å². The number of nitrogens with two attached hydrogens (primary N) is 1. The van der Waals surface area contributed by atoms with Crippen LogP contribution in [-0.4, -0.2) is 12.5 Å². The van der Waals surface area contributed by atoms with Gasteiger partial charge in [-0.25, -0.2) is 8.78 Å². The van der Waals surface area contributed by atoms with Crippen molar-refractivity contribution in [1.29, 1.82) is 0 Å². The van der Waals surface area contributed by atoms with Crippen LogP contribution >= 0.6 is 15.9 Å². The molecule has 0 spiro atoms. The lowest BCUT2D eigenvalue weighted by molar-refractivity contribution is 0.0984. The third-order valence-corrected chi connectivity index (χ3v) is 2.42. The van der Waals surface area contributed by atoms with Crippen molar-refractivity contribution in [2.24, 2.45) is 5.84 Å². The van der Waals surface area contributed by atoms with Crippen LogP contribution in [-0.2, 0) is 6.42 Å². The van der Waals surface area contributed by atoms with Crippen LogP contribution in [0.3, 0.4) is 0 Å². The summed E-state index contributed by atoms with van der Waals surface area (Å²) in [6, 6.07) is 6.22. The fourth-order valence-electron chi connectivity index (χ4n) is 1.10. The highest BCUT2D eigenvalue weighted by molar-refractivity contribution is 9.10. The second-order valence-corrected chi connectivity index (χ2v) is 3.85. The van der Waals surface area contributed by atoms with E-state index in [9.17, 15) is 8.78 Å². The summed E-state index contributed by atoms with van der Waals surface area (Å²) in [5, 5.41) is 0. The van der Waals surface area contributed by atoms with Gasteiger partial charge in [0.05, 0.1) is 6.04 Å². The maximum absolute atomic E-state index is 12.3. The van der Waals surface area contributed by atoms with E-state index in [1.54, 1.807) is 12.1 Å². The topological polar surface area (TPSA) is 38.0 Å². The van der Waals surface area contributed by atoms with E-state index in [-0.39, 0.29) is 6.42 Å². The second-order valence-electron chi connectivity index (χ2n) is 2.94. The van der Waals surface area contributed by atoms with E-state index >= 15 is 0 Å². The van der Waals surface area contributed by atoms with Gasteiger partial charge in [0, 0.05) is 4.47 Å². The molecule has 0 aliphatic carbocycles. The molecule has 3 N–H and O–H groups in total. The Morgan fingerprint density at radius 2 is 1.86 bits per heavy atom. The highest BCUT2D eigenvalue weighted by Crippen LogP contribution is 2.13. The normalized spacial score (nSPS) is 13.2. The molecular formula is C9H11BrF2N2. The molecule has 0 saturated carbocycles. The Morgan fingerprint density at radius 1 is 1.29 bits per heavy atom. The van der Waals surface area contributed by atoms with Gasteiger partial charge >= 0.3 is 0 Å². The molecule has 0 fully saturated rings. The van der Waals surface area contributed by atoms with Crippen molar-refractivity contribution < 1.29 is 8.78 Å². The van der Waals surface area contributed by atoms with E-state index in [0.717, 1.165) is 10.0 Å². The third kappa shape index (κ3) is 3.32. The fraction of sp³-hybridized carbons (Fsp3) is 0.333. The van der Waals surface area contributed by atoms with Crippen LogP contribution in [0.4, 0.5) is 8.78 Å². The SMILES string of the molecule is NNC(Cc1ccc(Br)cc1)C(F)F. The van der Waals surface area contributed by atoms with Gasteiger partial charge in [0.15, 0.2) is 0 Å². The van der Waals surface area contributed by atoms with Gasteiger partial charge in [0.25, 0.3) is 6.43 Å². The van der Waals surface area contributed by atoms with Gasteiger partial charge in [-0.1, -0.05) is 28.1 Å². The third-order valence-electron chi connectivity index (χ3n) is 1.89. The molecular weight excluding hydrogens is 254 g/mol. The van der Waals surface area contributed by atoms with E-state index in [2.05, 4.69) is 21.4 Å². The number of hydrazine groups is 1. The number of alkyl halides is 2. The number of hydrogen-bond donors (Lipinski definition) is 2. The Kier molecular flexibility index (Phi) is 4.44. The lowest BCUT2D eigenvalue weighted by atomic mass is 10.1. The van der Waals surface area contributed by atoms with Gasteiger partial charge in [0.2, 0.25) is 0 Å². The molecule has 1 rings (SSSR count). The molecule has 0 aromatic heterocycles. The summed E-state index contributed by atoms with van der Waals surface area (Å²) in [4.78, 5) is 0. The van der Waals surface area contributed by atoms with Crippen LogP contribution in [0.5, 0.6) is 0 Å². The Labute approximate surface area is 89.6 Å². The molecule has 2 nitrogen and oxygen atoms in total. The zero-order valence-electron chi connectivity index (χ0n) is 7.38. The summed E-state index contributed by atoms with van der Waals surface area (Å²) in [7, 11) is 0. The van der Waals surface area contributed by atoms with Crippen molar-refractivity contribution in [2.75, 3.05) is 0 Å². The number of rotatable bonds is 4. The van der Waals surface area contributed by atoms with Gasteiger partial charge in [0.1, 0.15) is 0 Å². The van der Waals surface area contributed by atoms with Gasteiger partial charge in [-0.3, -0.25) is 11.3 Å². The van der Waals surface area contributed by atoms with Crippen LogP contribution in [0.1, 0.15) is 5.56 Å². The summed E-state index contributed by atoms with van der Waals surface area (Å²) >= 11 is 3.27. The van der Waals surface area contributed by atoms with Gasteiger partial charge in [-0.15, -0.1) is 0 Å². The van der Waals surface area contributed by atoms with Crippen LogP contribution < -0.4 is 11.3 Å². The summed E-state index contributed by atoms with van der Waals surface area (Å²) in [6.45, 7) is 0. The molecule has 0 saturated heterocycles. The predicted octanol–water partition coefficient (Wildman–Crippen LogP) is 2.09. The van der Waals surface area contributed by atoms with Crippen molar-refractivity contribution >= 4 is 15.9 Å². The quantitative estimate of drug-likeness (QED) is 0.646. The van der Waals surface area contributed by atoms with E-state index in [0.29, 0.717) is 0 Å². The van der Waals surface area contributed by atoms with Gasteiger partial charge in [-0.05, 0) is 24.1 Å². The molecule has 0 radical (unpaired) electrons. The Hall–Kier alpha value is -0.520. The van der Waals surface area contributed by atoms with Crippen molar-refractivity contribution in [3.63, 3.8) is 0 Å². The smallest absolute Gasteiger partial charge is 0.255 e. The maximum Gasteiger partial charge on any atom is 0.255 e. The Bertz CT molecular complexity index is 277. The van der Waals surface area contributed by atoms with E-state index < -0.39 is 12.5 Å². The van der Waals surface area contributed by atoms with Crippen LogP contribution in [0.25, 0.3) is 0 Å². The van der Waals surface area contributed by atoms with Gasteiger partial charge < -0.3 is 0 Å². The molecule has 0 bridgehead atoms. The first-order valence-corrected chi connectivity index (χ1v) is 4.91. The molecule has 0 amide bonds. The van der Waals surface area contributed by atoms with E-state index in [1.807, 2.05) is 12.1 Å². The largest absolute Gasteiger partial charge is 0.271 e. The minimum absolute atomic E-state index is 0.224. The van der Waals surface area contributed by atoms with Crippen molar-refractivity contribution in [1.82, 2.24) is 5.43 Å². The standard InChI is InChI=1S/C9H11BrF2N2/c10-7-3-1-6(2-4-7)5-8(14-13)9(11)12/h1-4,8-9,14H,5,13H2. The molecule has 5 heteroatoms. The molecule has 1 aromatic rings. The summed E-state index contributed by atoms with van der Waals surface area (Å²) < 4.78 is 25.6. The molecule has 1 aromatic carbocycles. The first-order valence-electron chi connectivity index (χ1n) is 4.12. The summed E-state index contributed by atoms with van der Waals surface area (Å²) in [5.74, 6) is 5.01. The lowest BCUT2D eigenvalue weighted by Gasteiger charge is -2.14. The van der Waals surface area contributed by atoms with Crippen LogP contribution in [0.15, 0.2) is 28.7 Å². The first kappa shape index (κ1) is 11.6. The number of hydrogen-bond acceptors (Lipinski definition) is 2. The monoisotopic (exact) mass is 264 g/mol. The molecule has 0 aliphatic rings. The minimum atomic E-state index is -2.45. The van der Waals surface area contributed by atoms with Crippen LogP contribution in [0.2, 0.25) is 0 Å². The number of benzene rings is 1. The fourth-order valence-corrected chi connectivity index (χ4v) is 1.36. The van der Waals surface area contributed by atoms with Gasteiger partial charge in [-0.2, -0.15) is 0 Å². The van der Waals surface area contributed by atoms with Crippen LogP contribution in [0, 0.1) is 0 Å². The zero-order chi connectivity index (χ0) is 10.6. The second kappa shape index (κ2) is 5.38. The Morgan fingerprint density at radius 3 is 2.29 bits per heavy atom. The highest BCUT2D eigenvalue weighted by atomic mass is 79.9. The van der Waals surface area contributed by atoms with E-state index in [1.165, 1.54) is 0 Å². The number of halogens is 3. The number of nitrogens with one attached hydrogen (secondary N) is 1. The molecule has 0 heterocycles. The summed E-state index contributed by atoms with van der Waals surface area (Å²) in [6.07, 6.45) is -2.23. The van der Waals surface area contributed by atoms with Crippen molar-refractivity contribution in [3.05, 3.63) is 34.3 Å². The lowest BCUT2D eigenvalue weighted by Crippen LogP contribution is -2.42. The maximum atomic E-state index is 12.3. The first-order chi connectivity index (χ1) is 6.63. The Balaban J connectivity index is 2.63. The minimum Gasteiger partial charge on any atom is -0.271 e. The molecule has 78 valence electrons. The average Bonchev–Trinajstić information content (AvgIpc) is 2.16. The molecule has 1 unspecified atom stereocenters. The van der Waals surface area contributed by atoms with Crippen molar-refractivity contribution in [2.45, 2.75) is 18.9 Å². The predicted molar refractivity (Wildman–Crippen MR) is 55.0 cm³/mol. The summed E-state index contributed by atoms with van der Waals surface area (Å²) in [5.41, 5.74) is 2.93. The average molecular weight is 265 g/mol. The van der Waals surface area contributed by atoms with Crippen molar-refractivity contribution in [3.8, 4) is 0 Å².